The molecule has 2 atom stereocenters. The fourth-order valence-electron chi connectivity index (χ4n) is 1.93. The molecule has 0 spiro atoms. The van der Waals surface area contributed by atoms with Crippen LogP contribution in [0.25, 0.3) is 11.2 Å². The third-order valence-electron chi connectivity index (χ3n) is 2.71. The van der Waals surface area contributed by atoms with Gasteiger partial charge in [0.05, 0.1) is 18.5 Å². The number of aromatic nitrogens is 4. The highest BCUT2D eigenvalue weighted by Gasteiger charge is 2.21. The van der Waals surface area contributed by atoms with E-state index in [1.54, 1.807) is 12.4 Å². The van der Waals surface area contributed by atoms with Gasteiger partial charge in [0.1, 0.15) is 11.8 Å². The Morgan fingerprint density at radius 3 is 2.94 bits per heavy atom. The van der Waals surface area contributed by atoms with Crippen molar-refractivity contribution < 1.29 is 5.11 Å². The largest absolute Gasteiger partial charge is 0.389 e. The average molecular weight is 237 g/mol. The molecule has 0 radical (unpaired) electrons. The van der Waals surface area contributed by atoms with Crippen molar-refractivity contribution in [3.8, 4) is 0 Å². The Balaban J connectivity index is 2.12. The summed E-state index contributed by atoms with van der Waals surface area (Å²) in [7, 11) is 0. The summed E-state index contributed by atoms with van der Waals surface area (Å²) in [4.78, 5) is 12.2. The Morgan fingerprint density at radius 2 is 2.19 bits per heavy atom. The number of imidazole rings is 1. The number of aliphatic hydroxyl groups is 1. The average Bonchev–Trinajstić information content (AvgIpc) is 2.84. The topological polar surface area (TPSA) is 63.8 Å². The second-order valence-electron chi connectivity index (χ2n) is 3.74. The van der Waals surface area contributed by atoms with Gasteiger partial charge in [-0.25, -0.2) is 15.0 Å². The van der Waals surface area contributed by atoms with E-state index in [0.717, 1.165) is 0 Å². The van der Waals surface area contributed by atoms with Crippen LogP contribution in [0.3, 0.4) is 0 Å². The molecule has 0 saturated carbocycles. The highest BCUT2D eigenvalue weighted by atomic mass is 35.5. The number of nitrogens with zero attached hydrogens (tertiary/aromatic N) is 4. The molecule has 0 saturated heterocycles. The molecular weight excluding hydrogens is 228 g/mol. The van der Waals surface area contributed by atoms with Crippen molar-refractivity contribution in [2.75, 3.05) is 0 Å². The number of hydrogen-bond acceptors (Lipinski definition) is 4. The zero-order valence-electron chi connectivity index (χ0n) is 8.29. The number of aliphatic hydroxyl groups excluding tert-OH is 1. The van der Waals surface area contributed by atoms with E-state index in [4.69, 9.17) is 11.6 Å². The van der Waals surface area contributed by atoms with E-state index in [9.17, 15) is 5.11 Å². The second kappa shape index (κ2) is 3.54. The van der Waals surface area contributed by atoms with Gasteiger partial charge in [0, 0.05) is 6.42 Å². The minimum Gasteiger partial charge on any atom is -0.389 e. The third kappa shape index (κ3) is 1.40. The van der Waals surface area contributed by atoms with Crippen LogP contribution in [0.5, 0.6) is 0 Å². The first-order chi connectivity index (χ1) is 7.75. The monoisotopic (exact) mass is 236 g/mol. The summed E-state index contributed by atoms with van der Waals surface area (Å²) in [5.74, 6) is 0. The summed E-state index contributed by atoms with van der Waals surface area (Å²) in [6.07, 6.45) is 7.07. The Hall–Kier alpha value is -1.46. The van der Waals surface area contributed by atoms with Crippen LogP contribution in [0.1, 0.15) is 12.5 Å². The van der Waals surface area contributed by atoms with E-state index in [1.165, 1.54) is 6.33 Å². The zero-order chi connectivity index (χ0) is 11.1. The van der Waals surface area contributed by atoms with Gasteiger partial charge in [0.25, 0.3) is 0 Å². The van der Waals surface area contributed by atoms with Gasteiger partial charge in [-0.15, -0.1) is 0 Å². The first kappa shape index (κ1) is 9.74. The van der Waals surface area contributed by atoms with Gasteiger partial charge in [-0.05, 0) is 0 Å². The molecule has 2 aromatic rings. The molecule has 2 aromatic heterocycles. The van der Waals surface area contributed by atoms with E-state index in [0.29, 0.717) is 22.7 Å². The standard InChI is InChI=1S/C10H9ClN4O/c11-9-8-10(13-4-12-9)15(5-14-8)6-1-2-7(16)3-6/h1-2,4-7,16H,3H2/t6-,7+/m0/s1. The van der Waals surface area contributed by atoms with Crippen LogP contribution in [0.4, 0.5) is 0 Å². The molecule has 82 valence electrons. The first-order valence-electron chi connectivity index (χ1n) is 4.95. The maximum absolute atomic E-state index is 9.45. The van der Waals surface area contributed by atoms with Crippen LogP contribution in [-0.4, -0.2) is 30.7 Å². The van der Waals surface area contributed by atoms with E-state index in [2.05, 4.69) is 15.0 Å². The maximum Gasteiger partial charge on any atom is 0.165 e. The van der Waals surface area contributed by atoms with Gasteiger partial charge in [-0.1, -0.05) is 23.8 Å². The predicted molar refractivity (Wildman–Crippen MR) is 59.1 cm³/mol. The number of halogens is 1. The Bertz CT molecular complexity index is 565. The summed E-state index contributed by atoms with van der Waals surface area (Å²) in [6, 6.07) is 0.0889. The summed E-state index contributed by atoms with van der Waals surface area (Å²) in [6.45, 7) is 0. The van der Waals surface area contributed by atoms with Crippen molar-refractivity contribution in [3.63, 3.8) is 0 Å². The van der Waals surface area contributed by atoms with Gasteiger partial charge >= 0.3 is 0 Å². The lowest BCUT2D eigenvalue weighted by atomic mass is 10.2. The Kier molecular flexibility index (Phi) is 2.15. The molecule has 1 aliphatic rings. The van der Waals surface area contributed by atoms with E-state index >= 15 is 0 Å². The van der Waals surface area contributed by atoms with Crippen molar-refractivity contribution in [1.82, 2.24) is 19.5 Å². The summed E-state index contributed by atoms with van der Waals surface area (Å²) >= 11 is 5.91. The quantitative estimate of drug-likeness (QED) is 0.600. The number of allylic oxidation sites excluding steroid dienone is 1. The molecule has 5 nitrogen and oxygen atoms in total. The van der Waals surface area contributed by atoms with Crippen molar-refractivity contribution in [3.05, 3.63) is 30.0 Å². The van der Waals surface area contributed by atoms with Crippen molar-refractivity contribution in [2.24, 2.45) is 0 Å². The smallest absolute Gasteiger partial charge is 0.165 e. The lowest BCUT2D eigenvalue weighted by molar-refractivity contribution is 0.211. The van der Waals surface area contributed by atoms with Crippen LogP contribution in [0.15, 0.2) is 24.8 Å². The number of rotatable bonds is 1. The summed E-state index contributed by atoms with van der Waals surface area (Å²) < 4.78 is 1.90. The van der Waals surface area contributed by atoms with Gasteiger partial charge in [0.15, 0.2) is 10.8 Å². The fraction of sp³-hybridized carbons (Fsp3) is 0.300. The molecule has 2 heterocycles. The zero-order valence-corrected chi connectivity index (χ0v) is 9.04. The lowest BCUT2D eigenvalue weighted by Gasteiger charge is -2.10. The molecule has 0 fully saturated rings. The molecule has 1 N–H and O–H groups in total. The molecule has 0 unspecified atom stereocenters. The normalized spacial score (nSPS) is 24.4. The van der Waals surface area contributed by atoms with E-state index < -0.39 is 0 Å². The van der Waals surface area contributed by atoms with Crippen LogP contribution < -0.4 is 0 Å². The summed E-state index contributed by atoms with van der Waals surface area (Å²) in [5, 5.41) is 9.80. The van der Waals surface area contributed by atoms with Crippen LogP contribution >= 0.6 is 11.6 Å². The Labute approximate surface area is 96.4 Å². The van der Waals surface area contributed by atoms with Crippen molar-refractivity contribution in [1.29, 1.82) is 0 Å². The number of fused-ring (bicyclic) bond motifs is 1. The molecule has 0 aliphatic heterocycles. The minimum atomic E-state index is -0.389. The highest BCUT2D eigenvalue weighted by molar-refractivity contribution is 6.33. The van der Waals surface area contributed by atoms with Crippen LogP contribution in [-0.2, 0) is 0 Å². The molecule has 6 heteroatoms. The minimum absolute atomic E-state index is 0.0889. The van der Waals surface area contributed by atoms with Crippen molar-refractivity contribution in [2.45, 2.75) is 18.6 Å². The first-order valence-corrected chi connectivity index (χ1v) is 5.33. The number of hydrogen-bond donors (Lipinski definition) is 1. The molecule has 3 rings (SSSR count). The third-order valence-corrected chi connectivity index (χ3v) is 2.99. The lowest BCUT2D eigenvalue weighted by Crippen LogP contribution is -2.07. The van der Waals surface area contributed by atoms with Crippen LogP contribution in [0, 0.1) is 0 Å². The van der Waals surface area contributed by atoms with E-state index in [1.807, 2.05) is 10.6 Å². The molecule has 1 aliphatic carbocycles. The summed E-state index contributed by atoms with van der Waals surface area (Å²) in [5.41, 5.74) is 1.29. The molecule has 0 bridgehead atoms. The van der Waals surface area contributed by atoms with Gasteiger partial charge in [-0.2, -0.15) is 0 Å². The van der Waals surface area contributed by atoms with Gasteiger partial charge in [0.2, 0.25) is 0 Å². The molecule has 0 amide bonds. The fourth-order valence-corrected chi connectivity index (χ4v) is 2.11. The molecule has 0 aromatic carbocycles. The van der Waals surface area contributed by atoms with Gasteiger partial charge in [-0.3, -0.25) is 0 Å². The van der Waals surface area contributed by atoms with E-state index in [-0.39, 0.29) is 12.1 Å². The SMILES string of the molecule is O[C@@H]1C=C[C@H](n2cnc3c(Cl)ncnc32)C1. The predicted octanol–water partition coefficient (Wildman–Crippen LogP) is 1.34. The Morgan fingerprint density at radius 1 is 1.31 bits per heavy atom. The second-order valence-corrected chi connectivity index (χ2v) is 4.10. The van der Waals surface area contributed by atoms with Gasteiger partial charge < -0.3 is 9.67 Å². The maximum atomic E-state index is 9.45. The molecular formula is C10H9ClN4O. The molecule has 16 heavy (non-hydrogen) atoms. The van der Waals surface area contributed by atoms with Crippen molar-refractivity contribution >= 4 is 22.8 Å². The van der Waals surface area contributed by atoms with Crippen LogP contribution in [0.2, 0.25) is 5.15 Å². The highest BCUT2D eigenvalue weighted by Crippen LogP contribution is 2.27.